The predicted octanol–water partition coefficient (Wildman–Crippen LogP) is 3.55. The van der Waals surface area contributed by atoms with Crippen molar-refractivity contribution >= 4 is 0 Å². The Morgan fingerprint density at radius 1 is 1.17 bits per heavy atom. The van der Waals surface area contributed by atoms with E-state index in [4.69, 9.17) is 4.74 Å². The third kappa shape index (κ3) is 4.55. The average Bonchev–Trinajstić information content (AvgIpc) is 2.87. The number of ether oxygens (including phenoxy) is 1. The van der Waals surface area contributed by atoms with Crippen LogP contribution in [0.4, 0.5) is 0 Å². The number of hydrogen-bond acceptors (Lipinski definition) is 1. The van der Waals surface area contributed by atoms with Crippen molar-refractivity contribution in [3.05, 3.63) is 12.7 Å². The van der Waals surface area contributed by atoms with Crippen LogP contribution >= 0.6 is 0 Å². The summed E-state index contributed by atoms with van der Waals surface area (Å²) < 4.78 is 5.28. The third-order valence-electron chi connectivity index (χ3n) is 1.91. The van der Waals surface area contributed by atoms with E-state index in [1.54, 1.807) is 6.08 Å². The molecule has 1 nitrogen and oxygen atoms in total. The van der Waals surface area contributed by atoms with E-state index in [1.165, 1.54) is 25.7 Å². The third-order valence-corrected chi connectivity index (χ3v) is 1.91. The second kappa shape index (κ2) is 7.35. The van der Waals surface area contributed by atoms with Crippen LogP contribution in [0.3, 0.4) is 0 Å². The zero-order valence-corrected chi connectivity index (χ0v) is 8.68. The molecular weight excluding hydrogens is 148 g/mol. The Morgan fingerprint density at radius 3 is 1.75 bits per heavy atom. The number of hydrogen-bond donors (Lipinski definition) is 0. The molecule has 1 saturated heterocycles. The molecule has 2 atom stereocenters. The first-order valence-electron chi connectivity index (χ1n) is 5.11. The van der Waals surface area contributed by atoms with Crippen molar-refractivity contribution in [2.75, 3.05) is 0 Å². The van der Waals surface area contributed by atoms with Gasteiger partial charge in [-0.05, 0) is 19.8 Å². The van der Waals surface area contributed by atoms with Gasteiger partial charge in [-0.15, -0.1) is 6.58 Å². The van der Waals surface area contributed by atoms with Gasteiger partial charge in [0.2, 0.25) is 0 Å². The lowest BCUT2D eigenvalue weighted by Gasteiger charge is -2.00. The molecule has 2 rings (SSSR count). The maximum absolute atomic E-state index is 5.28. The Kier molecular flexibility index (Phi) is 7.17. The minimum absolute atomic E-state index is 0.703. The summed E-state index contributed by atoms with van der Waals surface area (Å²) in [7, 11) is 0. The highest BCUT2D eigenvalue weighted by Crippen LogP contribution is 2.35. The molecule has 2 fully saturated rings. The van der Waals surface area contributed by atoms with Crippen molar-refractivity contribution in [2.45, 2.75) is 58.7 Å². The first-order valence-corrected chi connectivity index (χ1v) is 5.11. The van der Waals surface area contributed by atoms with E-state index in [-0.39, 0.29) is 0 Å². The number of allylic oxidation sites excluding steroid dienone is 1. The lowest BCUT2D eigenvalue weighted by atomic mass is 10.0. The normalized spacial score (nSPS) is 29.6. The van der Waals surface area contributed by atoms with Gasteiger partial charge in [0.25, 0.3) is 0 Å². The van der Waals surface area contributed by atoms with E-state index in [1.807, 2.05) is 20.8 Å². The summed E-state index contributed by atoms with van der Waals surface area (Å²) in [6.45, 7) is 9.25. The first-order chi connectivity index (χ1) is 5.88. The van der Waals surface area contributed by atoms with Crippen LogP contribution in [-0.4, -0.2) is 12.2 Å². The molecular formula is C11H22O. The second-order valence-electron chi connectivity index (χ2n) is 2.91. The number of epoxide rings is 1. The number of fused-ring (bicyclic) bond motifs is 1. The Balaban J connectivity index is 0.000000211. The van der Waals surface area contributed by atoms with Crippen molar-refractivity contribution in [1.82, 2.24) is 0 Å². The molecule has 0 aromatic carbocycles. The van der Waals surface area contributed by atoms with Crippen molar-refractivity contribution < 1.29 is 4.74 Å². The summed E-state index contributed by atoms with van der Waals surface area (Å²) in [5.41, 5.74) is 0. The fraction of sp³-hybridized carbons (Fsp3) is 0.818. The van der Waals surface area contributed by atoms with Crippen molar-refractivity contribution in [1.29, 1.82) is 0 Å². The fourth-order valence-electron chi connectivity index (χ4n) is 1.38. The molecule has 1 heteroatoms. The van der Waals surface area contributed by atoms with E-state index in [0.29, 0.717) is 12.2 Å². The topological polar surface area (TPSA) is 12.5 Å². The van der Waals surface area contributed by atoms with Gasteiger partial charge in [0.1, 0.15) is 0 Å². The molecule has 72 valence electrons. The van der Waals surface area contributed by atoms with Crippen LogP contribution in [0.2, 0.25) is 0 Å². The van der Waals surface area contributed by atoms with Crippen LogP contribution in [0.25, 0.3) is 0 Å². The first kappa shape index (κ1) is 11.7. The molecule has 2 aliphatic rings. The minimum Gasteiger partial charge on any atom is -0.370 e. The van der Waals surface area contributed by atoms with Gasteiger partial charge in [0.15, 0.2) is 0 Å². The van der Waals surface area contributed by atoms with Gasteiger partial charge in [-0.3, -0.25) is 0 Å². The molecule has 0 N–H and O–H groups in total. The largest absolute Gasteiger partial charge is 0.370 e. The van der Waals surface area contributed by atoms with E-state index >= 15 is 0 Å². The molecule has 0 amide bonds. The summed E-state index contributed by atoms with van der Waals surface area (Å²) in [4.78, 5) is 0. The van der Waals surface area contributed by atoms with Crippen LogP contribution in [0.5, 0.6) is 0 Å². The molecule has 0 spiro atoms. The van der Waals surface area contributed by atoms with Gasteiger partial charge in [-0.2, -0.15) is 0 Å². The zero-order chi connectivity index (χ0) is 9.40. The van der Waals surface area contributed by atoms with Gasteiger partial charge >= 0.3 is 0 Å². The summed E-state index contributed by atoms with van der Waals surface area (Å²) in [6, 6.07) is 0. The molecule has 1 saturated carbocycles. The highest BCUT2D eigenvalue weighted by molar-refractivity contribution is 4.87. The predicted molar refractivity (Wildman–Crippen MR) is 54.3 cm³/mol. The molecule has 2 unspecified atom stereocenters. The maximum Gasteiger partial charge on any atom is 0.0841 e. The highest BCUT2D eigenvalue weighted by atomic mass is 16.6. The van der Waals surface area contributed by atoms with Crippen LogP contribution in [0.15, 0.2) is 12.7 Å². The Labute approximate surface area is 76.8 Å². The lowest BCUT2D eigenvalue weighted by Crippen LogP contribution is -2.00. The van der Waals surface area contributed by atoms with E-state index < -0.39 is 0 Å². The lowest BCUT2D eigenvalue weighted by molar-refractivity contribution is 0.373. The minimum atomic E-state index is 0.703. The monoisotopic (exact) mass is 170 g/mol. The molecule has 0 bridgehead atoms. The second-order valence-corrected chi connectivity index (χ2v) is 2.91. The molecule has 12 heavy (non-hydrogen) atoms. The van der Waals surface area contributed by atoms with Gasteiger partial charge < -0.3 is 4.74 Å². The van der Waals surface area contributed by atoms with Crippen molar-refractivity contribution in [2.24, 2.45) is 0 Å². The highest BCUT2D eigenvalue weighted by Gasteiger charge is 2.39. The smallest absolute Gasteiger partial charge is 0.0841 e. The maximum atomic E-state index is 5.28. The molecule has 0 radical (unpaired) electrons. The van der Waals surface area contributed by atoms with Gasteiger partial charge in [0.05, 0.1) is 12.2 Å². The van der Waals surface area contributed by atoms with Crippen molar-refractivity contribution in [3.63, 3.8) is 0 Å². The molecule has 1 aliphatic carbocycles. The zero-order valence-electron chi connectivity index (χ0n) is 8.68. The van der Waals surface area contributed by atoms with E-state index in [9.17, 15) is 0 Å². The van der Waals surface area contributed by atoms with Gasteiger partial charge in [-0.25, -0.2) is 0 Å². The molecule has 1 aliphatic heterocycles. The summed E-state index contributed by atoms with van der Waals surface area (Å²) >= 11 is 0. The summed E-state index contributed by atoms with van der Waals surface area (Å²) in [5.74, 6) is 0. The number of rotatable bonds is 0. The Bertz CT molecular complexity index is 99.6. The quantitative estimate of drug-likeness (QED) is 0.400. The fourth-order valence-corrected chi connectivity index (χ4v) is 1.38. The van der Waals surface area contributed by atoms with Crippen LogP contribution in [-0.2, 0) is 4.74 Å². The van der Waals surface area contributed by atoms with Crippen molar-refractivity contribution in [3.8, 4) is 0 Å². The summed E-state index contributed by atoms with van der Waals surface area (Å²) in [6.07, 6.45) is 8.64. The Morgan fingerprint density at radius 2 is 1.50 bits per heavy atom. The van der Waals surface area contributed by atoms with E-state index in [0.717, 1.165) is 0 Å². The van der Waals surface area contributed by atoms with E-state index in [2.05, 4.69) is 6.58 Å². The van der Waals surface area contributed by atoms with Crippen LogP contribution < -0.4 is 0 Å². The van der Waals surface area contributed by atoms with Gasteiger partial charge in [-0.1, -0.05) is 32.8 Å². The average molecular weight is 170 g/mol. The Hall–Kier alpha value is -0.300. The molecule has 0 aromatic heterocycles. The van der Waals surface area contributed by atoms with Crippen LogP contribution in [0, 0.1) is 0 Å². The molecule has 0 aromatic rings. The summed E-state index contributed by atoms with van der Waals surface area (Å²) in [5, 5.41) is 0. The molecule has 1 heterocycles. The van der Waals surface area contributed by atoms with Gasteiger partial charge in [0, 0.05) is 0 Å². The standard InChI is InChI=1S/C6H10O.C3H6.C2H6/c1-2-4-6-5(3-1)7-6;1-3-2;1-2/h5-6H,1-4H2;3H,1H2,2H3;1-2H3. The van der Waals surface area contributed by atoms with Crippen LogP contribution in [0.1, 0.15) is 46.5 Å². The SMILES string of the molecule is C1CCC2OC2C1.C=CC.CC.